The van der Waals surface area contributed by atoms with Crippen LogP contribution in [0.25, 0.3) is 0 Å². The molecule has 7 heteroatoms. The molecule has 3 rings (SSSR count). The van der Waals surface area contributed by atoms with Crippen LogP contribution in [0.3, 0.4) is 0 Å². The maximum atomic E-state index is 5.55. The van der Waals surface area contributed by atoms with Gasteiger partial charge in [0.2, 0.25) is 0 Å². The summed E-state index contributed by atoms with van der Waals surface area (Å²) in [5.41, 5.74) is 2.44. The van der Waals surface area contributed by atoms with Crippen LogP contribution in [0.15, 0.2) is 47.7 Å². The van der Waals surface area contributed by atoms with E-state index in [2.05, 4.69) is 65.7 Å². The first-order valence-corrected chi connectivity index (χ1v) is 11.5. The lowest BCUT2D eigenvalue weighted by molar-refractivity contribution is 0.0132. The fourth-order valence-electron chi connectivity index (χ4n) is 3.98. The number of aliphatic imine (C=N–C) groups is 1. The number of aromatic nitrogens is 2. The van der Waals surface area contributed by atoms with E-state index in [1.807, 2.05) is 23.1 Å². The number of ether oxygens (including phenoxy) is 1. The molecule has 2 heterocycles. The Balaban J connectivity index is 1.59. The molecule has 1 aliphatic heterocycles. The zero-order valence-corrected chi connectivity index (χ0v) is 19.3. The lowest BCUT2D eigenvalue weighted by atomic mass is 10.0. The molecule has 31 heavy (non-hydrogen) atoms. The van der Waals surface area contributed by atoms with Gasteiger partial charge in [0, 0.05) is 44.6 Å². The molecule has 0 aliphatic carbocycles. The first-order valence-electron chi connectivity index (χ1n) is 11.5. The molecule has 1 aromatic carbocycles. The molecule has 1 saturated heterocycles. The van der Waals surface area contributed by atoms with Gasteiger partial charge in [-0.1, -0.05) is 38.1 Å². The fraction of sp³-hybridized carbons (Fsp3) is 0.583. The Labute approximate surface area is 186 Å². The lowest BCUT2D eigenvalue weighted by Gasteiger charge is -2.35. The Kier molecular flexibility index (Phi) is 9.37. The van der Waals surface area contributed by atoms with E-state index in [4.69, 9.17) is 9.73 Å². The Hall–Kier alpha value is -2.38. The predicted octanol–water partition coefficient (Wildman–Crippen LogP) is 2.73. The van der Waals surface area contributed by atoms with E-state index in [9.17, 15) is 0 Å². The third-order valence-corrected chi connectivity index (χ3v) is 5.47. The maximum absolute atomic E-state index is 5.55. The maximum Gasteiger partial charge on any atom is 0.191 e. The molecule has 7 nitrogen and oxygen atoms in total. The Morgan fingerprint density at radius 3 is 2.68 bits per heavy atom. The highest BCUT2D eigenvalue weighted by molar-refractivity contribution is 5.79. The molecule has 1 aliphatic rings. The molecule has 0 bridgehead atoms. The van der Waals surface area contributed by atoms with Crippen molar-refractivity contribution in [2.45, 2.75) is 46.3 Å². The summed E-state index contributed by atoms with van der Waals surface area (Å²) in [5, 5.41) is 11.3. The van der Waals surface area contributed by atoms with Crippen LogP contribution >= 0.6 is 0 Å². The zero-order chi connectivity index (χ0) is 21.9. The summed E-state index contributed by atoms with van der Waals surface area (Å²) in [5.74, 6) is 1.54. The molecule has 0 spiro atoms. The number of guanidine groups is 1. The highest BCUT2D eigenvalue weighted by atomic mass is 16.5. The van der Waals surface area contributed by atoms with Gasteiger partial charge >= 0.3 is 0 Å². The number of nitrogens with one attached hydrogen (secondary N) is 2. The zero-order valence-electron chi connectivity index (χ0n) is 19.3. The molecule has 1 aromatic heterocycles. The molecular weight excluding hydrogens is 388 g/mol. The van der Waals surface area contributed by atoms with Gasteiger partial charge in [-0.25, -0.2) is 4.99 Å². The summed E-state index contributed by atoms with van der Waals surface area (Å²) in [6.07, 6.45) is 4.97. The van der Waals surface area contributed by atoms with Crippen molar-refractivity contribution in [1.82, 2.24) is 25.3 Å². The Bertz CT molecular complexity index is 783. The topological polar surface area (TPSA) is 66.7 Å². The van der Waals surface area contributed by atoms with Crippen LogP contribution in [0.1, 0.15) is 38.3 Å². The molecule has 170 valence electrons. The monoisotopic (exact) mass is 426 g/mol. The molecule has 0 saturated carbocycles. The second-order valence-corrected chi connectivity index (χ2v) is 8.53. The van der Waals surface area contributed by atoms with Gasteiger partial charge in [-0.15, -0.1) is 0 Å². The van der Waals surface area contributed by atoms with E-state index < -0.39 is 0 Å². The van der Waals surface area contributed by atoms with E-state index in [0.29, 0.717) is 18.5 Å². The molecule has 1 unspecified atom stereocenters. The number of benzene rings is 1. The second-order valence-electron chi connectivity index (χ2n) is 8.53. The van der Waals surface area contributed by atoms with E-state index >= 15 is 0 Å². The van der Waals surface area contributed by atoms with Crippen molar-refractivity contribution in [2.24, 2.45) is 10.9 Å². The van der Waals surface area contributed by atoms with Gasteiger partial charge in [-0.2, -0.15) is 5.10 Å². The van der Waals surface area contributed by atoms with Crippen LogP contribution in [0.5, 0.6) is 0 Å². The molecule has 1 fully saturated rings. The van der Waals surface area contributed by atoms with Gasteiger partial charge in [0.15, 0.2) is 5.96 Å². The number of nitrogens with zero attached hydrogens (tertiary/aromatic N) is 4. The fourth-order valence-corrected chi connectivity index (χ4v) is 3.98. The highest BCUT2D eigenvalue weighted by Crippen LogP contribution is 2.13. The van der Waals surface area contributed by atoms with Crippen molar-refractivity contribution in [1.29, 1.82) is 0 Å². The minimum absolute atomic E-state index is 0.491. The van der Waals surface area contributed by atoms with Crippen LogP contribution in [-0.2, 0) is 17.8 Å². The van der Waals surface area contributed by atoms with Crippen LogP contribution in [0, 0.1) is 5.92 Å². The largest absolute Gasteiger partial charge is 0.379 e. The van der Waals surface area contributed by atoms with Gasteiger partial charge in [0.1, 0.15) is 0 Å². The lowest BCUT2D eigenvalue weighted by Crippen LogP contribution is -2.51. The first-order chi connectivity index (χ1) is 15.1. The Morgan fingerprint density at radius 1 is 1.16 bits per heavy atom. The van der Waals surface area contributed by atoms with E-state index in [1.54, 1.807) is 0 Å². The minimum Gasteiger partial charge on any atom is -0.379 e. The van der Waals surface area contributed by atoms with Gasteiger partial charge in [0.25, 0.3) is 0 Å². The van der Waals surface area contributed by atoms with E-state index in [1.165, 1.54) is 17.5 Å². The molecular formula is C24H38N6O. The smallest absolute Gasteiger partial charge is 0.191 e. The van der Waals surface area contributed by atoms with E-state index in [-0.39, 0.29) is 0 Å². The van der Waals surface area contributed by atoms with Gasteiger partial charge in [-0.3, -0.25) is 9.58 Å². The summed E-state index contributed by atoms with van der Waals surface area (Å²) in [6, 6.07) is 11.0. The van der Waals surface area contributed by atoms with Crippen LogP contribution in [0.4, 0.5) is 0 Å². The third-order valence-electron chi connectivity index (χ3n) is 5.47. The second kappa shape index (κ2) is 12.5. The highest BCUT2D eigenvalue weighted by Gasteiger charge is 2.22. The van der Waals surface area contributed by atoms with Gasteiger partial charge in [-0.05, 0) is 36.5 Å². The summed E-state index contributed by atoms with van der Waals surface area (Å²) in [6.45, 7) is 13.5. The SMILES string of the molecule is CCNC(=NCc1cccc(Cn2cccn2)c1)NCC(CC(C)C)N1CCOCC1. The Morgan fingerprint density at radius 2 is 1.97 bits per heavy atom. The van der Waals surface area contributed by atoms with Crippen molar-refractivity contribution < 1.29 is 4.74 Å². The van der Waals surface area contributed by atoms with E-state index in [0.717, 1.165) is 51.9 Å². The van der Waals surface area contributed by atoms with Gasteiger partial charge < -0.3 is 15.4 Å². The molecule has 2 N–H and O–H groups in total. The van der Waals surface area contributed by atoms with Crippen molar-refractivity contribution >= 4 is 5.96 Å². The summed E-state index contributed by atoms with van der Waals surface area (Å²) >= 11 is 0. The van der Waals surface area contributed by atoms with Crippen molar-refractivity contribution in [2.75, 3.05) is 39.4 Å². The van der Waals surface area contributed by atoms with Crippen molar-refractivity contribution in [3.05, 3.63) is 53.9 Å². The third kappa shape index (κ3) is 7.99. The van der Waals surface area contributed by atoms with Gasteiger partial charge in [0.05, 0.1) is 26.3 Å². The average molecular weight is 427 g/mol. The predicted molar refractivity (Wildman–Crippen MR) is 126 cm³/mol. The summed E-state index contributed by atoms with van der Waals surface area (Å²) < 4.78 is 7.48. The summed E-state index contributed by atoms with van der Waals surface area (Å²) in [7, 11) is 0. The standard InChI is InChI=1S/C24H38N6O/c1-4-25-24(27-18-23(15-20(2)3)29-11-13-31-14-12-29)26-17-21-7-5-8-22(16-21)19-30-10-6-9-28-30/h5-10,16,20,23H,4,11-15,17-19H2,1-3H3,(H2,25,26,27). The number of rotatable bonds is 10. The molecule has 2 aromatic rings. The quantitative estimate of drug-likeness (QED) is 0.452. The number of morpholine rings is 1. The molecule has 0 amide bonds. The number of hydrogen-bond donors (Lipinski definition) is 2. The van der Waals surface area contributed by atoms with Crippen LogP contribution < -0.4 is 10.6 Å². The van der Waals surface area contributed by atoms with Crippen molar-refractivity contribution in [3.63, 3.8) is 0 Å². The normalized spacial score (nSPS) is 16.5. The first kappa shape index (κ1) is 23.3. The molecule has 1 atom stereocenters. The van der Waals surface area contributed by atoms with Crippen molar-refractivity contribution in [3.8, 4) is 0 Å². The summed E-state index contributed by atoms with van der Waals surface area (Å²) in [4.78, 5) is 7.40. The minimum atomic E-state index is 0.491. The van der Waals surface area contributed by atoms with Crippen LogP contribution in [-0.4, -0.2) is 66.1 Å². The molecule has 0 radical (unpaired) electrons. The van der Waals surface area contributed by atoms with Crippen LogP contribution in [0.2, 0.25) is 0 Å². The number of hydrogen-bond acceptors (Lipinski definition) is 4. The average Bonchev–Trinajstić information content (AvgIpc) is 3.28.